The van der Waals surface area contributed by atoms with Crippen molar-refractivity contribution in [2.75, 3.05) is 29.9 Å². The number of amides is 2. The van der Waals surface area contributed by atoms with Crippen LogP contribution < -0.4 is 10.2 Å². The highest BCUT2D eigenvalue weighted by molar-refractivity contribution is 6.00. The zero-order chi connectivity index (χ0) is 27.7. The summed E-state index contributed by atoms with van der Waals surface area (Å²) in [6.45, 7) is 2.86. The topological polar surface area (TPSA) is 61.4 Å². The molecule has 1 aromatic heterocycles. The second-order valence-electron chi connectivity index (χ2n) is 9.24. The van der Waals surface area contributed by atoms with Gasteiger partial charge in [0.15, 0.2) is 5.82 Å². The number of benzene rings is 3. The number of anilines is 2. The molecule has 1 fully saturated rings. The molecule has 1 atom stereocenters. The van der Waals surface area contributed by atoms with Gasteiger partial charge in [0.1, 0.15) is 17.3 Å². The van der Waals surface area contributed by atoms with Crippen molar-refractivity contribution in [3.63, 3.8) is 0 Å². The average molecular weight is 578 g/mol. The summed E-state index contributed by atoms with van der Waals surface area (Å²) in [5.41, 5.74) is -0.414. The van der Waals surface area contributed by atoms with Gasteiger partial charge in [-0.3, -0.25) is 0 Å². The number of alkyl halides is 3. The highest BCUT2D eigenvalue weighted by atomic mass is 35.5. The maximum Gasteiger partial charge on any atom is 0.418 e. The van der Waals surface area contributed by atoms with E-state index in [0.29, 0.717) is 37.1 Å². The van der Waals surface area contributed by atoms with Gasteiger partial charge in [0.2, 0.25) is 0 Å². The molecule has 3 aromatic carbocycles. The third-order valence-corrected chi connectivity index (χ3v) is 6.83. The summed E-state index contributed by atoms with van der Waals surface area (Å²) < 4.78 is 67.2. The number of rotatable bonds is 4. The molecular formula is C28H25ClF5N5O. The van der Waals surface area contributed by atoms with Gasteiger partial charge in [-0.05, 0) is 48.9 Å². The number of nitrogens with zero attached hydrogens (tertiary/aromatic N) is 4. The van der Waals surface area contributed by atoms with Crippen LogP contribution in [0.25, 0.3) is 22.0 Å². The molecule has 210 valence electrons. The number of nitrogens with one attached hydrogen (secondary N) is 1. The van der Waals surface area contributed by atoms with Crippen LogP contribution in [0.5, 0.6) is 0 Å². The van der Waals surface area contributed by atoms with Crippen molar-refractivity contribution < 1.29 is 26.7 Å². The molecule has 4 aromatic rings. The first-order valence-corrected chi connectivity index (χ1v) is 12.4. The lowest BCUT2D eigenvalue weighted by Crippen LogP contribution is -2.56. The Morgan fingerprint density at radius 3 is 2.30 bits per heavy atom. The second kappa shape index (κ2) is 11.6. The van der Waals surface area contributed by atoms with E-state index in [1.54, 1.807) is 12.1 Å². The molecule has 40 heavy (non-hydrogen) atoms. The zero-order valence-corrected chi connectivity index (χ0v) is 22.1. The number of fused-ring (bicyclic) bond motifs is 1. The summed E-state index contributed by atoms with van der Waals surface area (Å²) in [5.74, 6) is -0.777. The SMILES string of the molecule is CC[C@H]1CN(c2nnc(-c3ccc(F)cc3)c3ccccc23)CCN1C(=O)Nc1ccc(F)cc1C(F)(F)F.Cl. The van der Waals surface area contributed by atoms with Crippen molar-refractivity contribution in [2.45, 2.75) is 25.6 Å². The van der Waals surface area contributed by atoms with Crippen molar-refractivity contribution in [3.05, 3.63) is 83.9 Å². The molecule has 2 amide bonds. The van der Waals surface area contributed by atoms with Gasteiger partial charge in [-0.2, -0.15) is 13.2 Å². The van der Waals surface area contributed by atoms with Gasteiger partial charge in [0.25, 0.3) is 0 Å². The summed E-state index contributed by atoms with van der Waals surface area (Å²) in [5, 5.41) is 12.9. The number of halogens is 6. The molecule has 1 aliphatic heterocycles. The molecule has 6 nitrogen and oxygen atoms in total. The Kier molecular flexibility index (Phi) is 8.43. The van der Waals surface area contributed by atoms with E-state index in [4.69, 9.17) is 0 Å². The number of hydrogen-bond donors (Lipinski definition) is 1. The van der Waals surface area contributed by atoms with Crippen LogP contribution in [-0.4, -0.2) is 46.8 Å². The molecule has 12 heteroatoms. The molecule has 0 radical (unpaired) electrons. The Morgan fingerprint density at radius 2 is 1.62 bits per heavy atom. The summed E-state index contributed by atoms with van der Waals surface area (Å²) in [6, 6.07) is 14.7. The maximum atomic E-state index is 13.5. The van der Waals surface area contributed by atoms with Crippen LogP contribution in [0.3, 0.4) is 0 Å². The molecule has 1 saturated heterocycles. The Hall–Kier alpha value is -3.99. The minimum absolute atomic E-state index is 0. The first kappa shape index (κ1) is 29.0. The van der Waals surface area contributed by atoms with Crippen molar-refractivity contribution in [2.24, 2.45) is 0 Å². The summed E-state index contributed by atoms with van der Waals surface area (Å²) >= 11 is 0. The van der Waals surface area contributed by atoms with Crippen LogP contribution in [0.2, 0.25) is 0 Å². The minimum atomic E-state index is -4.83. The maximum absolute atomic E-state index is 13.5. The predicted molar refractivity (Wildman–Crippen MR) is 146 cm³/mol. The third-order valence-electron chi connectivity index (χ3n) is 6.83. The Bertz CT molecular complexity index is 1520. The van der Waals surface area contributed by atoms with Crippen LogP contribution >= 0.6 is 12.4 Å². The largest absolute Gasteiger partial charge is 0.418 e. The standard InChI is InChI=1S/C28H24F5N5O.ClH/c1-2-20-16-37(13-14-38(20)27(39)34-24-12-11-19(30)15-23(24)28(31,32)33)26-22-6-4-3-5-21(22)25(35-36-26)17-7-9-18(29)10-8-17;/h3-12,15,20H,2,13-14,16H2,1H3,(H,34,39);1H/t20-;/m0./s1. The van der Waals surface area contributed by atoms with Crippen LogP contribution in [0.4, 0.5) is 38.3 Å². The lowest BCUT2D eigenvalue weighted by molar-refractivity contribution is -0.137. The molecule has 0 saturated carbocycles. The molecule has 1 aliphatic rings. The van der Waals surface area contributed by atoms with Gasteiger partial charge in [-0.25, -0.2) is 13.6 Å². The summed E-state index contributed by atoms with van der Waals surface area (Å²) in [7, 11) is 0. The lowest BCUT2D eigenvalue weighted by Gasteiger charge is -2.41. The van der Waals surface area contributed by atoms with Crippen LogP contribution in [0, 0.1) is 11.6 Å². The van der Waals surface area contributed by atoms with Gasteiger partial charge in [-0.1, -0.05) is 31.2 Å². The molecule has 0 aliphatic carbocycles. The number of aromatic nitrogens is 2. The van der Waals surface area contributed by atoms with E-state index in [-0.39, 0.29) is 30.8 Å². The van der Waals surface area contributed by atoms with Crippen LogP contribution in [0.1, 0.15) is 18.9 Å². The van der Waals surface area contributed by atoms with E-state index >= 15 is 0 Å². The van der Waals surface area contributed by atoms with Gasteiger partial charge in [0, 0.05) is 36.0 Å². The first-order valence-electron chi connectivity index (χ1n) is 12.4. The quantitative estimate of drug-likeness (QED) is 0.262. The van der Waals surface area contributed by atoms with Crippen molar-refractivity contribution in [1.82, 2.24) is 15.1 Å². The van der Waals surface area contributed by atoms with Crippen molar-refractivity contribution in [1.29, 1.82) is 0 Å². The number of urea groups is 1. The molecule has 1 N–H and O–H groups in total. The zero-order valence-electron chi connectivity index (χ0n) is 21.3. The summed E-state index contributed by atoms with van der Waals surface area (Å²) in [6.07, 6.45) is -4.29. The fourth-order valence-corrected chi connectivity index (χ4v) is 4.86. The lowest BCUT2D eigenvalue weighted by atomic mass is 10.0. The highest BCUT2D eigenvalue weighted by Crippen LogP contribution is 2.36. The van der Waals surface area contributed by atoms with Crippen LogP contribution in [0.15, 0.2) is 66.7 Å². The van der Waals surface area contributed by atoms with Gasteiger partial charge in [0.05, 0.1) is 17.3 Å². The van der Waals surface area contributed by atoms with E-state index in [0.717, 1.165) is 28.5 Å². The fraction of sp³-hybridized carbons (Fsp3) is 0.250. The highest BCUT2D eigenvalue weighted by Gasteiger charge is 2.36. The van der Waals surface area contributed by atoms with E-state index < -0.39 is 29.3 Å². The van der Waals surface area contributed by atoms with Gasteiger partial charge in [-0.15, -0.1) is 22.6 Å². The van der Waals surface area contributed by atoms with E-state index in [2.05, 4.69) is 15.5 Å². The Labute approximate surface area is 233 Å². The minimum Gasteiger partial charge on any atom is -0.351 e. The molecule has 0 bridgehead atoms. The number of carbonyl (C=O) groups excluding carboxylic acids is 1. The monoisotopic (exact) mass is 577 g/mol. The number of piperazine rings is 1. The molecule has 0 unspecified atom stereocenters. The first-order chi connectivity index (χ1) is 18.7. The molecular weight excluding hydrogens is 553 g/mol. The third kappa shape index (κ3) is 5.79. The fourth-order valence-electron chi connectivity index (χ4n) is 4.86. The van der Waals surface area contributed by atoms with Gasteiger partial charge < -0.3 is 15.1 Å². The van der Waals surface area contributed by atoms with Crippen molar-refractivity contribution in [3.8, 4) is 11.3 Å². The average Bonchev–Trinajstić information content (AvgIpc) is 2.93. The van der Waals surface area contributed by atoms with Crippen LogP contribution in [-0.2, 0) is 6.18 Å². The van der Waals surface area contributed by atoms with Gasteiger partial charge >= 0.3 is 12.2 Å². The van der Waals surface area contributed by atoms with E-state index in [1.807, 2.05) is 36.1 Å². The molecule has 5 rings (SSSR count). The second-order valence-corrected chi connectivity index (χ2v) is 9.24. The normalized spacial score (nSPS) is 15.6. The Balaban J connectivity index is 0.00000370. The van der Waals surface area contributed by atoms with Crippen molar-refractivity contribution >= 4 is 40.7 Å². The number of carbonyl (C=O) groups is 1. The molecule has 2 heterocycles. The predicted octanol–water partition coefficient (Wildman–Crippen LogP) is 7.15. The number of hydrogen-bond acceptors (Lipinski definition) is 4. The smallest absolute Gasteiger partial charge is 0.351 e. The molecule has 0 spiro atoms. The van der Waals surface area contributed by atoms with E-state index in [9.17, 15) is 26.7 Å². The Morgan fingerprint density at radius 1 is 0.950 bits per heavy atom. The van der Waals surface area contributed by atoms with E-state index in [1.165, 1.54) is 17.0 Å². The summed E-state index contributed by atoms with van der Waals surface area (Å²) in [4.78, 5) is 16.6.